The van der Waals surface area contributed by atoms with Gasteiger partial charge in [0, 0.05) is 48.5 Å². The van der Waals surface area contributed by atoms with Crippen LogP contribution in [0.1, 0.15) is 56.9 Å². The molecule has 0 aliphatic rings. The van der Waals surface area contributed by atoms with Crippen molar-refractivity contribution >= 4 is 22.7 Å². The summed E-state index contributed by atoms with van der Waals surface area (Å²) >= 11 is 0. The van der Waals surface area contributed by atoms with Crippen LogP contribution in [0.4, 0.5) is 22.7 Å². The van der Waals surface area contributed by atoms with Crippen LogP contribution in [0.2, 0.25) is 0 Å². The Hall–Kier alpha value is -3.16. The molecule has 0 saturated carbocycles. The lowest BCUT2D eigenvalue weighted by atomic mass is 10.0. The molecule has 0 aliphatic heterocycles. The maximum Gasteiger partial charge on any atom is 0.148 e. The van der Waals surface area contributed by atoms with Gasteiger partial charge in [0.15, 0.2) is 0 Å². The monoisotopic (exact) mass is 452 g/mol. The molecule has 0 radical (unpaired) electrons. The van der Waals surface area contributed by atoms with Crippen LogP contribution >= 0.6 is 0 Å². The molecule has 34 heavy (non-hydrogen) atoms. The molecule has 0 N–H and O–H groups in total. The van der Waals surface area contributed by atoms with E-state index < -0.39 is 0 Å². The van der Waals surface area contributed by atoms with E-state index in [1.54, 1.807) is 0 Å². The van der Waals surface area contributed by atoms with Crippen LogP contribution in [0.3, 0.4) is 0 Å². The van der Waals surface area contributed by atoms with E-state index in [1.165, 1.54) is 45.0 Å². The first kappa shape index (κ1) is 27.1. The average Bonchev–Trinajstić information content (AvgIpc) is 2.90. The predicted molar refractivity (Wildman–Crippen MR) is 153 cm³/mol. The SMILES string of the molecule is CC.CC.CCc1ccc([N+](c2ccc(C)cc2)(c2ccc(C)cc2)c2ccc(C)cc2)cc1. The molecule has 0 aromatic heterocycles. The predicted octanol–water partition coefficient (Wildman–Crippen LogP) is 10.5. The zero-order valence-electron chi connectivity index (χ0n) is 22.4. The molecule has 1 nitrogen and oxygen atoms in total. The van der Waals surface area contributed by atoms with E-state index in [-0.39, 0.29) is 0 Å². The van der Waals surface area contributed by atoms with Gasteiger partial charge in [-0.25, -0.2) is 0 Å². The molecular formula is C33H42N+. The first-order valence-electron chi connectivity index (χ1n) is 12.7. The Balaban J connectivity index is 0.000000970. The van der Waals surface area contributed by atoms with Crippen LogP contribution in [0.15, 0.2) is 97.1 Å². The fourth-order valence-electron chi connectivity index (χ4n) is 4.15. The Kier molecular flexibility index (Phi) is 10.3. The molecule has 0 heterocycles. The number of benzene rings is 4. The number of nitrogens with zero attached hydrogens (tertiary/aromatic N) is 1. The molecule has 178 valence electrons. The first-order chi connectivity index (χ1) is 16.5. The van der Waals surface area contributed by atoms with Gasteiger partial charge in [0.05, 0.1) is 0 Å². The van der Waals surface area contributed by atoms with Crippen molar-refractivity contribution in [2.45, 2.75) is 61.8 Å². The molecule has 0 atom stereocenters. The van der Waals surface area contributed by atoms with Gasteiger partial charge in [0.2, 0.25) is 0 Å². The van der Waals surface area contributed by atoms with Gasteiger partial charge in [-0.1, -0.05) is 99.8 Å². The zero-order valence-corrected chi connectivity index (χ0v) is 22.4. The highest BCUT2D eigenvalue weighted by molar-refractivity contribution is 5.81. The molecule has 0 fully saturated rings. The third kappa shape index (κ3) is 5.66. The second kappa shape index (κ2) is 12.9. The van der Waals surface area contributed by atoms with Crippen molar-refractivity contribution in [3.63, 3.8) is 0 Å². The van der Waals surface area contributed by atoms with E-state index in [0.29, 0.717) is 4.48 Å². The molecule has 4 aromatic carbocycles. The molecule has 0 aliphatic carbocycles. The Morgan fingerprint density at radius 3 is 0.882 bits per heavy atom. The second-order valence-electron chi connectivity index (χ2n) is 8.20. The highest BCUT2D eigenvalue weighted by atomic mass is 15.4. The van der Waals surface area contributed by atoms with Gasteiger partial charge in [0.25, 0.3) is 0 Å². The standard InChI is InChI=1S/C29H30N.2C2H6/c1-5-25-12-20-29(21-13-25)30(26-14-6-22(2)7-15-26,27-16-8-23(3)9-17-27)28-18-10-24(4)11-19-28;2*1-2/h6-21H,5H2,1-4H3;2*1-2H3/q+1;;. The highest BCUT2D eigenvalue weighted by Crippen LogP contribution is 2.51. The number of hydrogen-bond acceptors (Lipinski definition) is 0. The smallest absolute Gasteiger partial charge is 0.148 e. The minimum Gasteiger partial charge on any atom is -0.194 e. The Labute approximate surface area is 208 Å². The number of aryl methyl sites for hydroxylation is 4. The molecule has 0 unspecified atom stereocenters. The van der Waals surface area contributed by atoms with Crippen molar-refractivity contribution in [1.82, 2.24) is 4.48 Å². The van der Waals surface area contributed by atoms with Gasteiger partial charge in [0.1, 0.15) is 22.7 Å². The lowest BCUT2D eigenvalue weighted by Crippen LogP contribution is -2.33. The third-order valence-electron chi connectivity index (χ3n) is 6.00. The van der Waals surface area contributed by atoms with Crippen molar-refractivity contribution in [3.8, 4) is 0 Å². The minimum absolute atomic E-state index is 0.560. The van der Waals surface area contributed by atoms with Crippen LogP contribution in [-0.2, 0) is 6.42 Å². The summed E-state index contributed by atoms with van der Waals surface area (Å²) in [7, 11) is 0. The van der Waals surface area contributed by atoms with Gasteiger partial charge in [-0.05, 0) is 32.8 Å². The van der Waals surface area contributed by atoms with Crippen molar-refractivity contribution in [2.24, 2.45) is 0 Å². The van der Waals surface area contributed by atoms with Crippen LogP contribution in [0.25, 0.3) is 0 Å². The first-order valence-corrected chi connectivity index (χ1v) is 12.7. The van der Waals surface area contributed by atoms with Gasteiger partial charge in [-0.2, -0.15) is 4.48 Å². The maximum atomic E-state index is 2.29. The summed E-state index contributed by atoms with van der Waals surface area (Å²) in [4.78, 5) is 0. The van der Waals surface area contributed by atoms with Crippen molar-refractivity contribution in [3.05, 3.63) is 119 Å². The Morgan fingerprint density at radius 1 is 0.412 bits per heavy atom. The van der Waals surface area contributed by atoms with E-state index in [1.807, 2.05) is 27.7 Å². The van der Waals surface area contributed by atoms with Crippen LogP contribution in [0, 0.1) is 20.8 Å². The fraction of sp³-hybridized carbons (Fsp3) is 0.273. The van der Waals surface area contributed by atoms with Crippen molar-refractivity contribution in [2.75, 3.05) is 0 Å². The second-order valence-corrected chi connectivity index (χ2v) is 8.20. The van der Waals surface area contributed by atoms with Crippen molar-refractivity contribution < 1.29 is 0 Å². The van der Waals surface area contributed by atoms with Gasteiger partial charge < -0.3 is 0 Å². The molecule has 0 spiro atoms. The third-order valence-corrected chi connectivity index (χ3v) is 6.00. The van der Waals surface area contributed by atoms with Crippen LogP contribution in [-0.4, -0.2) is 0 Å². The highest BCUT2D eigenvalue weighted by Gasteiger charge is 2.39. The summed E-state index contributed by atoms with van der Waals surface area (Å²) in [6.45, 7) is 16.6. The van der Waals surface area contributed by atoms with E-state index in [2.05, 4.69) is 125 Å². The normalized spacial score (nSPS) is 10.5. The van der Waals surface area contributed by atoms with Gasteiger partial charge in [-0.15, -0.1) is 0 Å². The Bertz CT molecular complexity index is 992. The summed E-state index contributed by atoms with van der Waals surface area (Å²) in [6.07, 6.45) is 1.04. The summed E-state index contributed by atoms with van der Waals surface area (Å²) in [5.41, 5.74) is 10.1. The quantitative estimate of drug-likeness (QED) is 0.264. The molecule has 1 heteroatoms. The van der Waals surface area contributed by atoms with E-state index in [9.17, 15) is 0 Å². The van der Waals surface area contributed by atoms with Gasteiger partial charge >= 0.3 is 0 Å². The van der Waals surface area contributed by atoms with Crippen LogP contribution in [0.5, 0.6) is 0 Å². The topological polar surface area (TPSA) is 0 Å². The van der Waals surface area contributed by atoms with Crippen LogP contribution < -0.4 is 4.48 Å². The molecule has 0 bridgehead atoms. The number of hydrogen-bond donors (Lipinski definition) is 0. The molecule has 0 saturated heterocycles. The number of quaternary nitrogens is 1. The lowest BCUT2D eigenvalue weighted by molar-refractivity contribution is 0.702. The summed E-state index contributed by atoms with van der Waals surface area (Å²) in [6, 6.07) is 36.0. The average molecular weight is 453 g/mol. The minimum atomic E-state index is 0.560. The molecular weight excluding hydrogens is 410 g/mol. The summed E-state index contributed by atoms with van der Waals surface area (Å²) in [5.74, 6) is 0. The molecule has 4 aromatic rings. The number of rotatable bonds is 5. The zero-order chi connectivity index (χ0) is 25.1. The molecule has 0 amide bonds. The summed E-state index contributed by atoms with van der Waals surface area (Å²) < 4.78 is 0.560. The summed E-state index contributed by atoms with van der Waals surface area (Å²) in [5, 5.41) is 0. The van der Waals surface area contributed by atoms with E-state index in [0.717, 1.165) is 6.42 Å². The van der Waals surface area contributed by atoms with E-state index in [4.69, 9.17) is 0 Å². The van der Waals surface area contributed by atoms with Gasteiger partial charge in [-0.3, -0.25) is 0 Å². The lowest BCUT2D eigenvalue weighted by Gasteiger charge is -2.37. The fourth-order valence-corrected chi connectivity index (χ4v) is 4.15. The largest absolute Gasteiger partial charge is 0.194 e. The van der Waals surface area contributed by atoms with Crippen molar-refractivity contribution in [1.29, 1.82) is 0 Å². The Morgan fingerprint density at radius 2 is 0.647 bits per heavy atom. The maximum absolute atomic E-state index is 2.29. The van der Waals surface area contributed by atoms with E-state index >= 15 is 0 Å². The molecule has 4 rings (SSSR count).